The summed E-state index contributed by atoms with van der Waals surface area (Å²) < 4.78 is 26.5. The second-order valence-corrected chi connectivity index (χ2v) is 10.1. The highest BCUT2D eigenvalue weighted by Crippen LogP contribution is 2.45. The van der Waals surface area contributed by atoms with E-state index >= 15 is 0 Å². The van der Waals surface area contributed by atoms with Crippen molar-refractivity contribution < 1.29 is 30.0 Å². The Bertz CT molecular complexity index is 1620. The van der Waals surface area contributed by atoms with Gasteiger partial charge in [-0.05, 0) is 56.3 Å². The predicted octanol–water partition coefficient (Wildman–Crippen LogP) is 2.80. The van der Waals surface area contributed by atoms with E-state index in [1.54, 1.807) is 43.0 Å². The van der Waals surface area contributed by atoms with Crippen LogP contribution in [0.25, 0.3) is 22.2 Å². The lowest BCUT2D eigenvalue weighted by molar-refractivity contribution is -0.123. The summed E-state index contributed by atoms with van der Waals surface area (Å²) in [6.45, 7) is 2.94. The fourth-order valence-corrected chi connectivity index (χ4v) is 4.62. The first-order valence-electron chi connectivity index (χ1n) is 12.2. The number of rotatable bonds is 7. The molecular weight excluding hydrogens is 505 g/mol. The molecule has 0 saturated carbocycles. The van der Waals surface area contributed by atoms with E-state index in [0.717, 1.165) is 5.39 Å². The van der Waals surface area contributed by atoms with E-state index in [4.69, 9.17) is 15.2 Å². The first-order chi connectivity index (χ1) is 18.4. The van der Waals surface area contributed by atoms with Crippen LogP contribution in [-0.4, -0.2) is 51.9 Å². The molecule has 4 N–H and O–H groups in total. The van der Waals surface area contributed by atoms with Gasteiger partial charge in [-0.3, -0.25) is 14.3 Å². The molecule has 39 heavy (non-hydrogen) atoms. The van der Waals surface area contributed by atoms with Crippen molar-refractivity contribution in [2.75, 3.05) is 20.3 Å². The molecule has 0 aliphatic carbocycles. The summed E-state index contributed by atoms with van der Waals surface area (Å²) >= 11 is 0. The lowest BCUT2D eigenvalue weighted by Gasteiger charge is -2.26. The molecule has 0 radical (unpaired) electrons. The summed E-state index contributed by atoms with van der Waals surface area (Å²) in [5, 5.41) is 19.3. The van der Waals surface area contributed by atoms with Gasteiger partial charge in [0, 0.05) is 36.7 Å². The molecule has 2 atom stereocenters. The highest BCUT2D eigenvalue weighted by molar-refractivity contribution is 6.00. The monoisotopic (exact) mass is 535 g/mol. The Hall–Kier alpha value is -4.51. The molecule has 0 saturated heterocycles. The molecule has 2 aromatic carbocycles. The van der Waals surface area contributed by atoms with E-state index < -0.39 is 28.6 Å². The second kappa shape index (κ2) is 9.35. The minimum absolute atomic E-state index is 0. The van der Waals surface area contributed by atoms with Crippen molar-refractivity contribution in [1.82, 2.24) is 20.1 Å². The second-order valence-electron chi connectivity index (χ2n) is 10.1. The summed E-state index contributed by atoms with van der Waals surface area (Å²) in [7, 11) is 3.27. The van der Waals surface area contributed by atoms with Gasteiger partial charge in [0.1, 0.15) is 46.1 Å². The maximum Gasteiger partial charge on any atom is 0.251 e. The van der Waals surface area contributed by atoms with Crippen LogP contribution in [0.2, 0.25) is 0 Å². The number of nitrogens with two attached hydrogens (primary N) is 1. The van der Waals surface area contributed by atoms with E-state index in [2.05, 4.69) is 15.4 Å². The molecule has 0 spiro atoms. The number of ether oxygens (including phenoxy) is 2. The zero-order valence-corrected chi connectivity index (χ0v) is 21.9. The maximum atomic E-state index is 13.6. The Kier molecular flexibility index (Phi) is 6.26. The largest absolute Gasteiger partial charge is 0.494 e. The normalized spacial score (nSPS) is 17.8. The Balaban J connectivity index is 0.00000370. The number of aliphatic hydroxyl groups is 1. The minimum atomic E-state index is -1.66. The third-order valence-electron chi connectivity index (χ3n) is 7.05. The molecule has 3 heterocycles. The van der Waals surface area contributed by atoms with Crippen LogP contribution in [0.4, 0.5) is 4.39 Å². The van der Waals surface area contributed by atoms with E-state index in [-0.39, 0.29) is 20.3 Å². The van der Waals surface area contributed by atoms with E-state index in [9.17, 15) is 19.1 Å². The van der Waals surface area contributed by atoms with Crippen LogP contribution in [0, 0.1) is 5.82 Å². The highest BCUT2D eigenvalue weighted by Gasteiger charge is 2.45. The number of carbonyl (C=O) groups excluding carboxylic acids is 2. The number of primary amides is 1. The highest BCUT2D eigenvalue weighted by atomic mass is 19.1. The van der Waals surface area contributed by atoms with E-state index in [0.29, 0.717) is 39.4 Å². The topological polar surface area (TPSA) is 142 Å². The number of carbonyl (C=O) groups is 2. The first-order valence-corrected chi connectivity index (χ1v) is 12.2. The number of methoxy groups -OCH3 is 1. The molecule has 10 nitrogen and oxygen atoms in total. The number of nitrogens with one attached hydrogen (secondary N) is 1. The van der Waals surface area contributed by atoms with Crippen molar-refractivity contribution in [3.63, 3.8) is 0 Å². The number of halogens is 1. The van der Waals surface area contributed by atoms with Gasteiger partial charge in [-0.2, -0.15) is 5.10 Å². The Morgan fingerprint density at radius 1 is 1.31 bits per heavy atom. The molecule has 0 bridgehead atoms. The van der Waals surface area contributed by atoms with Crippen molar-refractivity contribution in [2.24, 2.45) is 12.8 Å². The molecule has 2 amide bonds. The Morgan fingerprint density at radius 2 is 2.03 bits per heavy atom. The van der Waals surface area contributed by atoms with Crippen molar-refractivity contribution in [3.8, 4) is 22.8 Å². The smallest absolute Gasteiger partial charge is 0.251 e. The fraction of sp³-hybridized carbons (Fsp3) is 0.286. The van der Waals surface area contributed by atoms with Gasteiger partial charge in [0.25, 0.3) is 5.91 Å². The van der Waals surface area contributed by atoms with Crippen LogP contribution in [0.15, 0.2) is 48.7 Å². The van der Waals surface area contributed by atoms with Gasteiger partial charge in [-0.1, -0.05) is 0 Å². The number of hydrogen-bond acceptors (Lipinski definition) is 7. The average molecular weight is 536 g/mol. The average Bonchev–Trinajstić information content (AvgIpc) is 3.46. The summed E-state index contributed by atoms with van der Waals surface area (Å²) in [6.07, 6.45) is 1.77. The fourth-order valence-electron chi connectivity index (χ4n) is 4.62. The lowest BCUT2D eigenvalue weighted by atomic mass is 9.82. The van der Waals surface area contributed by atoms with Crippen molar-refractivity contribution in [2.45, 2.75) is 24.9 Å². The number of fused-ring (bicyclic) bond motifs is 2. The van der Waals surface area contributed by atoms with Crippen LogP contribution in [-0.2, 0) is 22.9 Å². The SMILES string of the molecule is COc1cc(C(=O)NC[C@](C)(O)c2cc3c(c(-c4ccc(F)cc4)n2)OC[C@]3(C)C(N)=O)cc2cn(C)nc12.[HH]. The third-order valence-corrected chi connectivity index (χ3v) is 7.05. The van der Waals surface area contributed by atoms with Crippen molar-refractivity contribution in [1.29, 1.82) is 0 Å². The zero-order valence-electron chi connectivity index (χ0n) is 21.9. The molecule has 204 valence electrons. The number of pyridine rings is 1. The van der Waals surface area contributed by atoms with Gasteiger partial charge >= 0.3 is 0 Å². The van der Waals surface area contributed by atoms with Gasteiger partial charge < -0.3 is 25.6 Å². The summed E-state index contributed by atoms with van der Waals surface area (Å²) in [4.78, 5) is 30.1. The number of benzene rings is 2. The molecule has 0 unspecified atom stereocenters. The van der Waals surface area contributed by atoms with Crippen molar-refractivity contribution >= 4 is 22.7 Å². The summed E-state index contributed by atoms with van der Waals surface area (Å²) in [5.74, 6) is -0.686. The molecule has 2 aromatic heterocycles. The summed E-state index contributed by atoms with van der Waals surface area (Å²) in [5.41, 5.74) is 5.32. The maximum absolute atomic E-state index is 13.6. The molecule has 1 aliphatic heterocycles. The van der Waals surface area contributed by atoms with E-state index in [1.807, 2.05) is 0 Å². The predicted molar refractivity (Wildman–Crippen MR) is 143 cm³/mol. The molecule has 1 aliphatic rings. The first kappa shape index (κ1) is 26.1. The van der Waals surface area contributed by atoms with Gasteiger partial charge in [0.2, 0.25) is 5.91 Å². The van der Waals surface area contributed by atoms with Crippen LogP contribution in [0.3, 0.4) is 0 Å². The quantitative estimate of drug-likeness (QED) is 0.330. The number of aromatic nitrogens is 3. The van der Waals surface area contributed by atoms with Gasteiger partial charge in [0.05, 0.1) is 19.3 Å². The Labute approximate surface area is 225 Å². The molecular formula is C28H30FN5O5. The van der Waals surface area contributed by atoms with Gasteiger partial charge in [-0.25, -0.2) is 9.37 Å². The van der Waals surface area contributed by atoms with E-state index in [1.165, 1.54) is 38.3 Å². The standard InChI is InChI=1S/C28H28FN5O5.H2/c1-27(26(30)36)14-39-24-19(27)11-21(32-23(24)15-5-7-18(29)8-6-15)28(2,37)13-31-25(35)16-9-17-12-34(3)33-22(17)20(10-16)38-4;/h5-12,37H,13-14H2,1-4H3,(H2,30,36)(H,31,35);1H/t27-,28-;/m0./s1. The number of amides is 2. The van der Waals surface area contributed by atoms with Crippen LogP contribution < -0.4 is 20.5 Å². The Morgan fingerprint density at radius 3 is 2.69 bits per heavy atom. The minimum Gasteiger partial charge on any atom is -0.494 e. The zero-order chi connectivity index (χ0) is 28.1. The number of aryl methyl sites for hydroxylation is 1. The lowest BCUT2D eigenvalue weighted by Crippen LogP contribution is -2.41. The molecule has 11 heteroatoms. The van der Waals surface area contributed by atoms with Crippen molar-refractivity contribution in [3.05, 3.63) is 71.3 Å². The van der Waals surface area contributed by atoms with Gasteiger partial charge in [-0.15, -0.1) is 0 Å². The summed E-state index contributed by atoms with van der Waals surface area (Å²) in [6, 6.07) is 10.5. The van der Waals surface area contributed by atoms with Crippen LogP contribution in [0.5, 0.6) is 11.5 Å². The number of hydrogen-bond donors (Lipinski definition) is 3. The molecule has 4 aromatic rings. The third kappa shape index (κ3) is 4.54. The van der Waals surface area contributed by atoms with Gasteiger partial charge in [0.15, 0.2) is 0 Å². The molecule has 0 fully saturated rings. The van der Waals surface area contributed by atoms with Crippen LogP contribution >= 0.6 is 0 Å². The van der Waals surface area contributed by atoms with Crippen LogP contribution in [0.1, 0.15) is 36.9 Å². The molecule has 5 rings (SSSR count). The number of nitrogens with zero attached hydrogens (tertiary/aromatic N) is 3.